The Kier molecular flexibility index (Phi) is 7.85. The van der Waals surface area contributed by atoms with Crippen molar-refractivity contribution in [3.8, 4) is 11.5 Å². The van der Waals surface area contributed by atoms with Crippen molar-refractivity contribution in [3.05, 3.63) is 24.3 Å². The van der Waals surface area contributed by atoms with Crippen molar-refractivity contribution >= 4 is 5.91 Å². The van der Waals surface area contributed by atoms with Crippen LogP contribution in [0.5, 0.6) is 11.5 Å². The van der Waals surface area contributed by atoms with Gasteiger partial charge in [-0.05, 0) is 38.4 Å². The fourth-order valence-electron chi connectivity index (χ4n) is 2.94. The van der Waals surface area contributed by atoms with Crippen molar-refractivity contribution < 1.29 is 14.3 Å². The van der Waals surface area contributed by atoms with Crippen LogP contribution in [0.4, 0.5) is 0 Å². The van der Waals surface area contributed by atoms with Crippen molar-refractivity contribution in [2.24, 2.45) is 11.7 Å². The van der Waals surface area contributed by atoms with Gasteiger partial charge in [0.1, 0.15) is 6.61 Å². The molecule has 0 radical (unpaired) electrons. The van der Waals surface area contributed by atoms with E-state index in [9.17, 15) is 4.79 Å². The minimum Gasteiger partial charge on any atom is -0.490 e. The predicted octanol–water partition coefficient (Wildman–Crippen LogP) is 1.25. The number of nitrogens with two attached hydrogens (primary N) is 1. The highest BCUT2D eigenvalue weighted by Crippen LogP contribution is 2.26. The smallest absolute Gasteiger partial charge is 0.224 e. The molecular weight excluding hydrogens is 306 g/mol. The van der Waals surface area contributed by atoms with Gasteiger partial charge in [0.25, 0.3) is 0 Å². The van der Waals surface area contributed by atoms with E-state index < -0.39 is 0 Å². The molecule has 1 saturated heterocycles. The molecule has 1 aliphatic rings. The van der Waals surface area contributed by atoms with Gasteiger partial charge in [0.05, 0.1) is 12.5 Å². The molecule has 1 aromatic rings. The zero-order valence-corrected chi connectivity index (χ0v) is 14.5. The van der Waals surface area contributed by atoms with Crippen molar-refractivity contribution in [2.45, 2.75) is 19.8 Å². The summed E-state index contributed by atoms with van der Waals surface area (Å²) < 4.78 is 11.4. The van der Waals surface area contributed by atoms with Crippen LogP contribution in [0.3, 0.4) is 0 Å². The average molecular weight is 335 g/mol. The molecular formula is C18H29N3O3. The number of amides is 1. The Morgan fingerprint density at radius 3 is 2.79 bits per heavy atom. The van der Waals surface area contributed by atoms with Gasteiger partial charge in [0.2, 0.25) is 5.91 Å². The van der Waals surface area contributed by atoms with Crippen molar-refractivity contribution in [2.75, 3.05) is 45.9 Å². The van der Waals surface area contributed by atoms with Crippen LogP contribution in [0.25, 0.3) is 0 Å². The molecule has 0 bridgehead atoms. The number of nitrogens with zero attached hydrogens (tertiary/aromatic N) is 1. The van der Waals surface area contributed by atoms with E-state index in [2.05, 4.69) is 10.2 Å². The summed E-state index contributed by atoms with van der Waals surface area (Å²) in [4.78, 5) is 14.4. The fraction of sp³-hybridized carbons (Fsp3) is 0.611. The molecule has 2 rings (SSSR count). The number of ether oxygens (including phenoxy) is 2. The van der Waals surface area contributed by atoms with Gasteiger partial charge in [-0.3, -0.25) is 9.69 Å². The van der Waals surface area contributed by atoms with Gasteiger partial charge in [-0.2, -0.15) is 0 Å². The summed E-state index contributed by atoms with van der Waals surface area (Å²) in [5.74, 6) is 1.72. The van der Waals surface area contributed by atoms with Crippen LogP contribution in [-0.2, 0) is 4.79 Å². The van der Waals surface area contributed by atoms with E-state index in [1.807, 2.05) is 31.2 Å². The standard InChI is InChI=1S/C18H29N3O3/c1-2-23-16-7-3-4-8-17(16)24-13-12-21-11-5-6-15(14-21)18(22)20-10-9-19/h3-4,7-8,15H,2,5-6,9-14,19H2,1H3,(H,20,22). The van der Waals surface area contributed by atoms with Crippen LogP contribution >= 0.6 is 0 Å². The maximum atomic E-state index is 12.1. The van der Waals surface area contributed by atoms with E-state index >= 15 is 0 Å². The van der Waals surface area contributed by atoms with Gasteiger partial charge in [-0.25, -0.2) is 0 Å². The summed E-state index contributed by atoms with van der Waals surface area (Å²) in [6.07, 6.45) is 1.98. The lowest BCUT2D eigenvalue weighted by Gasteiger charge is -2.31. The SMILES string of the molecule is CCOc1ccccc1OCCN1CCCC(C(=O)NCCN)C1. The highest BCUT2D eigenvalue weighted by molar-refractivity contribution is 5.78. The van der Waals surface area contributed by atoms with Crippen LogP contribution in [0.2, 0.25) is 0 Å². The first-order valence-electron chi connectivity index (χ1n) is 8.79. The Bertz CT molecular complexity index is 510. The number of nitrogens with one attached hydrogen (secondary N) is 1. The van der Waals surface area contributed by atoms with Gasteiger partial charge in [-0.1, -0.05) is 12.1 Å². The summed E-state index contributed by atoms with van der Waals surface area (Å²) in [5.41, 5.74) is 5.44. The van der Waals surface area contributed by atoms with E-state index in [0.717, 1.165) is 44.0 Å². The number of benzene rings is 1. The number of carbonyl (C=O) groups is 1. The Hall–Kier alpha value is -1.79. The highest BCUT2D eigenvalue weighted by atomic mass is 16.5. The highest BCUT2D eigenvalue weighted by Gasteiger charge is 2.25. The van der Waals surface area contributed by atoms with Crippen LogP contribution in [0, 0.1) is 5.92 Å². The number of carbonyl (C=O) groups excluding carboxylic acids is 1. The number of hydrogen-bond acceptors (Lipinski definition) is 5. The third-order valence-electron chi connectivity index (χ3n) is 4.13. The lowest BCUT2D eigenvalue weighted by molar-refractivity contribution is -0.126. The van der Waals surface area contributed by atoms with E-state index in [1.165, 1.54) is 0 Å². The molecule has 24 heavy (non-hydrogen) atoms. The molecule has 1 aromatic carbocycles. The van der Waals surface area contributed by atoms with Crippen LogP contribution in [0.15, 0.2) is 24.3 Å². The largest absolute Gasteiger partial charge is 0.490 e. The second-order valence-electron chi connectivity index (χ2n) is 5.95. The number of likely N-dealkylation sites (tertiary alicyclic amines) is 1. The molecule has 134 valence electrons. The summed E-state index contributed by atoms with van der Waals surface area (Å²) in [6.45, 7) is 6.79. The van der Waals surface area contributed by atoms with Gasteiger partial charge in [0.15, 0.2) is 11.5 Å². The van der Waals surface area contributed by atoms with Crippen molar-refractivity contribution in [1.29, 1.82) is 0 Å². The van der Waals surface area contributed by atoms with Gasteiger partial charge < -0.3 is 20.5 Å². The van der Waals surface area contributed by atoms with Crippen LogP contribution < -0.4 is 20.5 Å². The Balaban J connectivity index is 1.77. The average Bonchev–Trinajstić information content (AvgIpc) is 2.61. The summed E-state index contributed by atoms with van der Waals surface area (Å²) in [7, 11) is 0. The topological polar surface area (TPSA) is 76.8 Å². The maximum absolute atomic E-state index is 12.1. The van der Waals surface area contributed by atoms with E-state index in [-0.39, 0.29) is 11.8 Å². The molecule has 0 aromatic heterocycles. The lowest BCUT2D eigenvalue weighted by Crippen LogP contribution is -2.45. The van der Waals surface area contributed by atoms with Crippen LogP contribution in [-0.4, -0.2) is 56.7 Å². The van der Waals surface area contributed by atoms with E-state index in [0.29, 0.717) is 26.3 Å². The molecule has 1 unspecified atom stereocenters. The molecule has 0 spiro atoms. The zero-order valence-electron chi connectivity index (χ0n) is 14.5. The number of para-hydroxylation sites is 2. The minimum absolute atomic E-state index is 0.0565. The van der Waals surface area contributed by atoms with Crippen molar-refractivity contribution in [3.63, 3.8) is 0 Å². The monoisotopic (exact) mass is 335 g/mol. The molecule has 3 N–H and O–H groups in total. The third-order valence-corrected chi connectivity index (χ3v) is 4.13. The molecule has 6 heteroatoms. The Morgan fingerprint density at radius 2 is 2.08 bits per heavy atom. The molecule has 1 heterocycles. The molecule has 0 saturated carbocycles. The summed E-state index contributed by atoms with van der Waals surface area (Å²) >= 11 is 0. The predicted molar refractivity (Wildman–Crippen MR) is 94.3 cm³/mol. The second kappa shape index (κ2) is 10.2. The van der Waals surface area contributed by atoms with E-state index in [1.54, 1.807) is 0 Å². The molecule has 0 aliphatic carbocycles. The quantitative estimate of drug-likeness (QED) is 0.710. The molecule has 6 nitrogen and oxygen atoms in total. The van der Waals surface area contributed by atoms with Crippen molar-refractivity contribution in [1.82, 2.24) is 10.2 Å². The van der Waals surface area contributed by atoms with Gasteiger partial charge in [0, 0.05) is 26.2 Å². The molecule has 1 atom stereocenters. The summed E-state index contributed by atoms with van der Waals surface area (Å²) in [6, 6.07) is 7.71. The van der Waals surface area contributed by atoms with Gasteiger partial charge >= 0.3 is 0 Å². The van der Waals surface area contributed by atoms with E-state index in [4.69, 9.17) is 15.2 Å². The second-order valence-corrected chi connectivity index (χ2v) is 5.95. The maximum Gasteiger partial charge on any atom is 0.224 e. The zero-order chi connectivity index (χ0) is 17.2. The minimum atomic E-state index is 0.0565. The first-order chi connectivity index (χ1) is 11.7. The molecule has 1 amide bonds. The normalized spacial score (nSPS) is 18.2. The van der Waals surface area contributed by atoms with Crippen LogP contribution in [0.1, 0.15) is 19.8 Å². The number of hydrogen-bond donors (Lipinski definition) is 2. The first kappa shape index (κ1) is 18.5. The van der Waals surface area contributed by atoms with Gasteiger partial charge in [-0.15, -0.1) is 0 Å². The third kappa shape index (κ3) is 5.69. The lowest BCUT2D eigenvalue weighted by atomic mass is 9.97. The molecule has 1 fully saturated rings. The number of piperidine rings is 1. The first-order valence-corrected chi connectivity index (χ1v) is 8.79. The molecule has 1 aliphatic heterocycles. The summed E-state index contributed by atoms with van der Waals surface area (Å²) in [5, 5.41) is 2.89. The Morgan fingerprint density at radius 1 is 1.33 bits per heavy atom. The fourth-order valence-corrected chi connectivity index (χ4v) is 2.94. The number of rotatable bonds is 9. The Labute approximate surface area is 144 Å².